The van der Waals surface area contributed by atoms with Crippen LogP contribution in [-0.2, 0) is 4.74 Å². The van der Waals surface area contributed by atoms with Gasteiger partial charge < -0.3 is 19.7 Å². The van der Waals surface area contributed by atoms with E-state index >= 15 is 0 Å². The lowest BCUT2D eigenvalue weighted by Gasteiger charge is -2.37. The second-order valence-electron chi connectivity index (χ2n) is 7.76. The number of halogens is 2. The van der Waals surface area contributed by atoms with E-state index in [0.29, 0.717) is 13.0 Å². The van der Waals surface area contributed by atoms with Crippen LogP contribution in [0.15, 0.2) is 18.2 Å². The average molecular weight is 421 g/mol. The van der Waals surface area contributed by atoms with E-state index in [2.05, 4.69) is 10.3 Å². The van der Waals surface area contributed by atoms with Crippen LogP contribution in [0.25, 0.3) is 10.9 Å². The number of nitrogens with zero attached hydrogens (tertiary/aromatic N) is 2. The van der Waals surface area contributed by atoms with Crippen molar-refractivity contribution in [2.24, 2.45) is 0 Å². The molecule has 1 aliphatic rings. The maximum Gasteiger partial charge on any atom is 0.273 e. The molecule has 1 amide bonds. The predicted molar refractivity (Wildman–Crippen MR) is 111 cm³/mol. The summed E-state index contributed by atoms with van der Waals surface area (Å²) in [7, 11) is 1.58. The maximum absolute atomic E-state index is 14.5. The summed E-state index contributed by atoms with van der Waals surface area (Å²) in [5, 5.41) is 3.27. The molecule has 2 heterocycles. The zero-order valence-corrected chi connectivity index (χ0v) is 17.7. The standard InChI is InChI=1S/C22H29F2N3O3/c1-14(2)27(15-6-4-9-25-13-15)22(28)18-12-19(30-11-5-10-29-3)20-17(26-18)8-7-16(23)21(20)24/h7-8,12,14-15,25H,4-6,9-11,13H2,1-3H3/t15-/m1/s1. The molecule has 0 bridgehead atoms. The molecule has 1 aromatic carbocycles. The van der Waals surface area contributed by atoms with Crippen molar-refractivity contribution < 1.29 is 23.0 Å². The topological polar surface area (TPSA) is 63.7 Å². The number of carbonyl (C=O) groups excluding carboxylic acids is 1. The highest BCUT2D eigenvalue weighted by molar-refractivity contribution is 5.97. The number of hydrogen-bond acceptors (Lipinski definition) is 5. The van der Waals surface area contributed by atoms with Crippen molar-refractivity contribution in [1.29, 1.82) is 0 Å². The van der Waals surface area contributed by atoms with Crippen LogP contribution in [0.3, 0.4) is 0 Å². The van der Waals surface area contributed by atoms with Crippen LogP contribution in [0.1, 0.15) is 43.6 Å². The van der Waals surface area contributed by atoms with E-state index in [1.165, 1.54) is 12.1 Å². The Kier molecular flexibility index (Phi) is 7.55. The van der Waals surface area contributed by atoms with Crippen LogP contribution in [0.4, 0.5) is 8.78 Å². The van der Waals surface area contributed by atoms with E-state index < -0.39 is 11.6 Å². The van der Waals surface area contributed by atoms with E-state index in [1.54, 1.807) is 7.11 Å². The van der Waals surface area contributed by atoms with Crippen LogP contribution in [0.5, 0.6) is 5.75 Å². The Balaban J connectivity index is 1.99. The van der Waals surface area contributed by atoms with Gasteiger partial charge in [0, 0.05) is 44.8 Å². The Bertz CT molecular complexity index is 886. The van der Waals surface area contributed by atoms with Crippen LogP contribution in [0, 0.1) is 11.6 Å². The number of rotatable bonds is 8. The fraction of sp³-hybridized carbons (Fsp3) is 0.545. The molecule has 1 aromatic heterocycles. The lowest BCUT2D eigenvalue weighted by Crippen LogP contribution is -2.51. The number of aromatic nitrogens is 1. The fourth-order valence-electron chi connectivity index (χ4n) is 3.86. The van der Waals surface area contributed by atoms with E-state index in [0.717, 1.165) is 32.0 Å². The number of pyridine rings is 1. The van der Waals surface area contributed by atoms with Gasteiger partial charge in [-0.05, 0) is 45.4 Å². The lowest BCUT2D eigenvalue weighted by atomic mass is 10.0. The third-order valence-electron chi connectivity index (χ3n) is 5.25. The molecule has 0 spiro atoms. The number of fused-ring (bicyclic) bond motifs is 1. The Morgan fingerprint density at radius 1 is 1.33 bits per heavy atom. The monoisotopic (exact) mass is 421 g/mol. The lowest BCUT2D eigenvalue weighted by molar-refractivity contribution is 0.0567. The highest BCUT2D eigenvalue weighted by atomic mass is 19.2. The number of methoxy groups -OCH3 is 1. The molecule has 30 heavy (non-hydrogen) atoms. The molecule has 0 unspecified atom stereocenters. The molecule has 164 valence electrons. The van der Waals surface area contributed by atoms with Crippen molar-refractivity contribution in [3.63, 3.8) is 0 Å². The van der Waals surface area contributed by atoms with Gasteiger partial charge in [0.05, 0.1) is 17.5 Å². The van der Waals surface area contributed by atoms with Crippen molar-refractivity contribution >= 4 is 16.8 Å². The minimum atomic E-state index is -1.03. The van der Waals surface area contributed by atoms with Gasteiger partial charge >= 0.3 is 0 Å². The second kappa shape index (κ2) is 10.1. The number of benzene rings is 1. The van der Waals surface area contributed by atoms with Crippen LogP contribution < -0.4 is 10.1 Å². The van der Waals surface area contributed by atoms with Crippen molar-refractivity contribution in [1.82, 2.24) is 15.2 Å². The number of amides is 1. The van der Waals surface area contributed by atoms with E-state index in [1.807, 2.05) is 18.7 Å². The minimum Gasteiger partial charge on any atom is -0.493 e. The van der Waals surface area contributed by atoms with Gasteiger partial charge in [0.25, 0.3) is 5.91 Å². The summed E-state index contributed by atoms with van der Waals surface area (Å²) in [5.41, 5.74) is 0.349. The summed E-state index contributed by atoms with van der Waals surface area (Å²) < 4.78 is 39.1. The molecule has 8 heteroatoms. The number of nitrogens with one attached hydrogen (secondary N) is 1. The molecule has 2 aromatic rings. The molecule has 1 aliphatic heterocycles. The van der Waals surface area contributed by atoms with E-state index in [4.69, 9.17) is 9.47 Å². The fourth-order valence-corrected chi connectivity index (χ4v) is 3.86. The summed E-state index contributed by atoms with van der Waals surface area (Å²) in [6.07, 6.45) is 2.47. The van der Waals surface area contributed by atoms with Crippen molar-refractivity contribution in [2.45, 2.75) is 45.2 Å². The van der Waals surface area contributed by atoms with Crippen LogP contribution >= 0.6 is 0 Å². The van der Waals surface area contributed by atoms with Crippen LogP contribution in [-0.4, -0.2) is 61.3 Å². The smallest absolute Gasteiger partial charge is 0.273 e. The van der Waals surface area contributed by atoms with Gasteiger partial charge in [-0.25, -0.2) is 13.8 Å². The Hall–Kier alpha value is -2.32. The number of piperidine rings is 1. The summed E-state index contributed by atoms with van der Waals surface area (Å²) in [4.78, 5) is 19.6. The van der Waals surface area contributed by atoms with Gasteiger partial charge in [0.2, 0.25) is 0 Å². The molecule has 6 nitrogen and oxygen atoms in total. The maximum atomic E-state index is 14.5. The van der Waals surface area contributed by atoms with Gasteiger partial charge in [0.1, 0.15) is 11.4 Å². The molecule has 1 fully saturated rings. The largest absolute Gasteiger partial charge is 0.493 e. The number of carbonyl (C=O) groups is 1. The predicted octanol–water partition coefficient (Wildman–Crippen LogP) is 3.53. The zero-order valence-electron chi connectivity index (χ0n) is 17.7. The number of hydrogen-bond donors (Lipinski definition) is 1. The second-order valence-corrected chi connectivity index (χ2v) is 7.76. The summed E-state index contributed by atoms with van der Waals surface area (Å²) in [6.45, 7) is 6.31. The molecule has 1 saturated heterocycles. The Morgan fingerprint density at radius 2 is 2.13 bits per heavy atom. The first kappa shape index (κ1) is 22.4. The molecule has 1 N–H and O–H groups in total. The normalized spacial score (nSPS) is 16.8. The quantitative estimate of drug-likeness (QED) is 0.661. The number of ether oxygens (including phenoxy) is 2. The van der Waals surface area contributed by atoms with Gasteiger partial charge in [0.15, 0.2) is 11.6 Å². The summed E-state index contributed by atoms with van der Waals surface area (Å²) >= 11 is 0. The molecule has 0 radical (unpaired) electrons. The first-order chi connectivity index (χ1) is 14.4. The molecule has 3 rings (SSSR count). The minimum absolute atomic E-state index is 0.0316. The van der Waals surface area contributed by atoms with Gasteiger partial charge in [-0.2, -0.15) is 0 Å². The highest BCUT2D eigenvalue weighted by Gasteiger charge is 2.30. The Morgan fingerprint density at radius 3 is 2.80 bits per heavy atom. The highest BCUT2D eigenvalue weighted by Crippen LogP contribution is 2.31. The van der Waals surface area contributed by atoms with Gasteiger partial charge in [-0.15, -0.1) is 0 Å². The molecule has 1 atom stereocenters. The zero-order chi connectivity index (χ0) is 21.7. The molecular formula is C22H29F2N3O3. The molecular weight excluding hydrogens is 392 g/mol. The molecule has 0 aliphatic carbocycles. The first-order valence-electron chi connectivity index (χ1n) is 10.4. The van der Waals surface area contributed by atoms with E-state index in [-0.39, 0.29) is 46.9 Å². The summed E-state index contributed by atoms with van der Waals surface area (Å²) in [6, 6.07) is 3.83. The van der Waals surface area contributed by atoms with Crippen molar-refractivity contribution in [2.75, 3.05) is 33.4 Å². The van der Waals surface area contributed by atoms with E-state index in [9.17, 15) is 13.6 Å². The summed E-state index contributed by atoms with van der Waals surface area (Å²) in [5.74, 6) is -2.14. The van der Waals surface area contributed by atoms with Gasteiger partial charge in [-0.1, -0.05) is 0 Å². The SMILES string of the molecule is COCCCOc1cc(C(=O)N(C(C)C)[C@@H]2CCCNC2)nc2ccc(F)c(F)c12. The third-order valence-corrected chi connectivity index (χ3v) is 5.25. The Labute approximate surface area is 175 Å². The third kappa shape index (κ3) is 4.87. The first-order valence-corrected chi connectivity index (χ1v) is 10.4. The average Bonchev–Trinajstić information content (AvgIpc) is 2.74. The van der Waals surface area contributed by atoms with Crippen molar-refractivity contribution in [3.05, 3.63) is 35.5 Å². The molecule has 0 saturated carbocycles. The van der Waals surface area contributed by atoms with Crippen LogP contribution in [0.2, 0.25) is 0 Å². The van der Waals surface area contributed by atoms with Crippen molar-refractivity contribution in [3.8, 4) is 5.75 Å². The van der Waals surface area contributed by atoms with Gasteiger partial charge in [-0.3, -0.25) is 4.79 Å².